The van der Waals surface area contributed by atoms with Gasteiger partial charge in [0.15, 0.2) is 0 Å². The quantitative estimate of drug-likeness (QED) is 0.657. The number of rotatable bonds is 2. The number of hydrogen-bond acceptors (Lipinski definition) is 4. The van der Waals surface area contributed by atoms with E-state index in [2.05, 4.69) is 10.2 Å². The Morgan fingerprint density at radius 3 is 2.61 bits per heavy atom. The van der Waals surface area contributed by atoms with Crippen molar-refractivity contribution in [2.45, 2.75) is 0 Å². The molecule has 1 aromatic carbocycles. The Morgan fingerprint density at radius 2 is 2.00 bits per heavy atom. The van der Waals surface area contributed by atoms with Gasteiger partial charge < -0.3 is 10.2 Å². The molecule has 2 fully saturated rings. The molecule has 1 N–H and O–H groups in total. The zero-order chi connectivity index (χ0) is 12.7. The number of anilines is 1. The summed E-state index contributed by atoms with van der Waals surface area (Å²) in [5, 5.41) is 14.9. The number of benzene rings is 1. The van der Waals surface area contributed by atoms with Crippen LogP contribution in [0, 0.1) is 22.0 Å². The lowest BCUT2D eigenvalue weighted by Crippen LogP contribution is -2.26. The molecule has 2 aliphatic rings. The minimum Gasteiger partial charge on any atom is -0.365 e. The summed E-state index contributed by atoms with van der Waals surface area (Å²) in [5.74, 6) is 1.22. The second-order valence-corrected chi connectivity index (χ2v) is 5.41. The number of nitrogens with zero attached hydrogens (tertiary/aromatic N) is 2. The summed E-state index contributed by atoms with van der Waals surface area (Å²) in [6, 6.07) is 4.91. The first-order valence-corrected chi connectivity index (χ1v) is 6.42. The summed E-state index contributed by atoms with van der Waals surface area (Å²) in [5.41, 5.74) is 0.800. The van der Waals surface area contributed by atoms with Crippen LogP contribution in [0.1, 0.15) is 0 Å². The molecule has 0 saturated carbocycles. The highest BCUT2D eigenvalue weighted by Crippen LogP contribution is 2.36. The molecule has 96 valence electrons. The Hall–Kier alpha value is -1.33. The van der Waals surface area contributed by atoms with Crippen molar-refractivity contribution in [3.8, 4) is 0 Å². The Balaban J connectivity index is 1.90. The molecule has 0 radical (unpaired) electrons. The van der Waals surface area contributed by atoms with Crippen molar-refractivity contribution in [1.29, 1.82) is 0 Å². The van der Waals surface area contributed by atoms with Gasteiger partial charge in [-0.25, -0.2) is 0 Å². The number of fused-ring (bicyclic) bond motifs is 1. The molecule has 3 rings (SSSR count). The fraction of sp³-hybridized carbons (Fsp3) is 0.500. The molecule has 0 spiro atoms. The third kappa shape index (κ3) is 1.93. The predicted octanol–water partition coefficient (Wildman–Crippen LogP) is 1.90. The monoisotopic (exact) mass is 267 g/mol. The summed E-state index contributed by atoms with van der Waals surface area (Å²) in [4.78, 5) is 12.8. The molecular formula is C12H14ClN3O2. The summed E-state index contributed by atoms with van der Waals surface area (Å²) in [7, 11) is 0. The number of nitro groups is 1. The van der Waals surface area contributed by atoms with Gasteiger partial charge in [-0.2, -0.15) is 0 Å². The number of hydrogen-bond donors (Lipinski definition) is 1. The average molecular weight is 268 g/mol. The van der Waals surface area contributed by atoms with E-state index in [-0.39, 0.29) is 10.6 Å². The van der Waals surface area contributed by atoms with Crippen LogP contribution in [0.4, 0.5) is 11.4 Å². The van der Waals surface area contributed by atoms with Gasteiger partial charge in [-0.1, -0.05) is 11.6 Å². The maximum Gasteiger partial charge on any atom is 0.294 e. The molecule has 2 unspecified atom stereocenters. The van der Waals surface area contributed by atoms with Crippen molar-refractivity contribution in [1.82, 2.24) is 5.32 Å². The first-order valence-electron chi connectivity index (χ1n) is 6.05. The standard InChI is InChI=1S/C12H14ClN3O2/c13-10-1-2-11(12(3-10)16(17)18)15-6-8-4-14-5-9(8)7-15/h1-3,8-9,14H,4-7H2. The van der Waals surface area contributed by atoms with Crippen LogP contribution >= 0.6 is 11.6 Å². The SMILES string of the molecule is O=[N+]([O-])c1cc(Cl)ccc1N1CC2CNCC2C1. The Bertz CT molecular complexity index is 482. The molecule has 6 heteroatoms. The molecule has 0 aliphatic carbocycles. The number of halogens is 1. The first kappa shape index (κ1) is 11.7. The van der Waals surface area contributed by atoms with Crippen molar-refractivity contribution in [3.05, 3.63) is 33.3 Å². The second-order valence-electron chi connectivity index (χ2n) is 4.97. The molecule has 0 bridgehead atoms. The van der Waals surface area contributed by atoms with Crippen molar-refractivity contribution in [2.75, 3.05) is 31.1 Å². The van der Waals surface area contributed by atoms with Gasteiger partial charge in [0.2, 0.25) is 0 Å². The lowest BCUT2D eigenvalue weighted by atomic mass is 10.0. The van der Waals surface area contributed by atoms with Crippen molar-refractivity contribution < 1.29 is 4.92 Å². The van der Waals surface area contributed by atoms with E-state index in [1.807, 2.05) is 0 Å². The zero-order valence-corrected chi connectivity index (χ0v) is 10.6. The van der Waals surface area contributed by atoms with E-state index in [1.165, 1.54) is 6.07 Å². The highest BCUT2D eigenvalue weighted by atomic mass is 35.5. The average Bonchev–Trinajstić information content (AvgIpc) is 2.88. The normalized spacial score (nSPS) is 26.4. The van der Waals surface area contributed by atoms with Crippen molar-refractivity contribution in [2.24, 2.45) is 11.8 Å². The fourth-order valence-corrected chi connectivity index (χ4v) is 3.13. The van der Waals surface area contributed by atoms with E-state index < -0.39 is 0 Å². The molecule has 0 aromatic heterocycles. The van der Waals surface area contributed by atoms with Crippen LogP contribution in [0.5, 0.6) is 0 Å². The Kier molecular flexibility index (Phi) is 2.87. The molecule has 18 heavy (non-hydrogen) atoms. The molecule has 0 amide bonds. The summed E-state index contributed by atoms with van der Waals surface area (Å²) in [6.07, 6.45) is 0. The lowest BCUT2D eigenvalue weighted by molar-refractivity contribution is -0.384. The minimum atomic E-state index is -0.354. The molecule has 5 nitrogen and oxygen atoms in total. The van der Waals surface area contributed by atoms with Crippen molar-refractivity contribution >= 4 is 23.0 Å². The van der Waals surface area contributed by atoms with E-state index in [9.17, 15) is 10.1 Å². The largest absolute Gasteiger partial charge is 0.365 e. The summed E-state index contributed by atoms with van der Waals surface area (Å²) in [6.45, 7) is 3.81. The zero-order valence-electron chi connectivity index (χ0n) is 9.80. The van der Waals surface area contributed by atoms with Gasteiger partial charge in [0, 0.05) is 37.3 Å². The highest BCUT2D eigenvalue weighted by Gasteiger charge is 2.37. The Morgan fingerprint density at radius 1 is 1.33 bits per heavy atom. The fourth-order valence-electron chi connectivity index (χ4n) is 2.96. The molecule has 2 aliphatic heterocycles. The van der Waals surface area contributed by atoms with Gasteiger partial charge in [0.05, 0.1) is 4.92 Å². The Labute approximate surface area is 110 Å². The van der Waals surface area contributed by atoms with E-state index in [1.54, 1.807) is 12.1 Å². The topological polar surface area (TPSA) is 58.4 Å². The van der Waals surface area contributed by atoms with Gasteiger partial charge in [-0.3, -0.25) is 10.1 Å². The number of nitrogens with one attached hydrogen (secondary N) is 1. The third-order valence-corrected chi connectivity index (χ3v) is 4.10. The summed E-state index contributed by atoms with van der Waals surface area (Å²) >= 11 is 5.83. The van der Waals surface area contributed by atoms with E-state index in [0.29, 0.717) is 22.5 Å². The van der Waals surface area contributed by atoms with Gasteiger partial charge in [0.1, 0.15) is 5.69 Å². The highest BCUT2D eigenvalue weighted by molar-refractivity contribution is 6.30. The van der Waals surface area contributed by atoms with E-state index in [4.69, 9.17) is 11.6 Å². The van der Waals surface area contributed by atoms with Crippen LogP contribution in [-0.2, 0) is 0 Å². The molecular weight excluding hydrogens is 254 g/mol. The molecule has 2 saturated heterocycles. The second kappa shape index (κ2) is 4.40. The molecule has 1 aromatic rings. The van der Waals surface area contributed by atoms with Crippen LogP contribution in [0.3, 0.4) is 0 Å². The first-order chi connectivity index (χ1) is 8.65. The van der Waals surface area contributed by atoms with E-state index in [0.717, 1.165) is 26.2 Å². The lowest BCUT2D eigenvalue weighted by Gasteiger charge is -2.19. The minimum absolute atomic E-state index is 0.107. The van der Waals surface area contributed by atoms with Crippen LogP contribution < -0.4 is 10.2 Å². The van der Waals surface area contributed by atoms with Crippen LogP contribution in [-0.4, -0.2) is 31.1 Å². The van der Waals surface area contributed by atoms with Gasteiger partial charge in [-0.15, -0.1) is 0 Å². The molecule has 2 heterocycles. The van der Waals surface area contributed by atoms with Gasteiger partial charge >= 0.3 is 0 Å². The van der Waals surface area contributed by atoms with Gasteiger partial charge in [-0.05, 0) is 24.0 Å². The maximum absolute atomic E-state index is 11.1. The van der Waals surface area contributed by atoms with Crippen LogP contribution in [0.2, 0.25) is 5.02 Å². The van der Waals surface area contributed by atoms with Crippen LogP contribution in [0.25, 0.3) is 0 Å². The number of nitro benzene ring substituents is 1. The van der Waals surface area contributed by atoms with E-state index >= 15 is 0 Å². The van der Waals surface area contributed by atoms with Crippen molar-refractivity contribution in [3.63, 3.8) is 0 Å². The smallest absolute Gasteiger partial charge is 0.294 e. The predicted molar refractivity (Wildman–Crippen MR) is 70.2 cm³/mol. The summed E-state index contributed by atoms with van der Waals surface area (Å²) < 4.78 is 0. The third-order valence-electron chi connectivity index (χ3n) is 3.86. The molecule has 2 atom stereocenters. The maximum atomic E-state index is 11.1. The van der Waals surface area contributed by atoms with Crippen LogP contribution in [0.15, 0.2) is 18.2 Å². The van der Waals surface area contributed by atoms with Gasteiger partial charge in [0.25, 0.3) is 5.69 Å².